The number of fused-ring (bicyclic) bond motifs is 3. The molecule has 5 aromatic rings. The van der Waals surface area contributed by atoms with E-state index in [0.717, 1.165) is 38.9 Å². The Morgan fingerprint density at radius 2 is 1.10 bits per heavy atom. The fourth-order valence-electron chi connectivity index (χ4n) is 6.59. The second kappa shape index (κ2) is 14.9. The summed E-state index contributed by atoms with van der Waals surface area (Å²) in [5, 5.41) is 17.6. The number of benzene rings is 5. The maximum atomic E-state index is 14.1. The number of aliphatic carboxylic acids is 1. The normalized spacial score (nSPS) is 13.2. The highest BCUT2D eigenvalue weighted by Gasteiger charge is 2.39. The lowest BCUT2D eigenvalue weighted by molar-refractivity contribution is -0.141. The van der Waals surface area contributed by atoms with Crippen LogP contribution in [0.1, 0.15) is 47.1 Å². The van der Waals surface area contributed by atoms with Crippen LogP contribution in [-0.4, -0.2) is 47.7 Å². The van der Waals surface area contributed by atoms with E-state index in [-0.39, 0.29) is 12.5 Å². The van der Waals surface area contributed by atoms with Gasteiger partial charge < -0.3 is 25.8 Å². The minimum atomic E-state index is -1.45. The fourth-order valence-corrected chi connectivity index (χ4v) is 6.59. The highest BCUT2D eigenvalue weighted by atomic mass is 16.5. The van der Waals surface area contributed by atoms with E-state index in [1.807, 2.05) is 140 Å². The van der Waals surface area contributed by atoms with Crippen molar-refractivity contribution in [2.24, 2.45) is 0 Å². The summed E-state index contributed by atoms with van der Waals surface area (Å²) in [5.41, 5.74) is 5.32. The van der Waals surface area contributed by atoms with Crippen LogP contribution in [0, 0.1) is 0 Å². The van der Waals surface area contributed by atoms with E-state index < -0.39 is 47.9 Å². The number of ether oxygens (including phenoxy) is 1. The van der Waals surface area contributed by atoms with Gasteiger partial charge in [-0.1, -0.05) is 140 Å². The van der Waals surface area contributed by atoms with Crippen molar-refractivity contribution >= 4 is 23.9 Å². The van der Waals surface area contributed by atoms with Gasteiger partial charge >= 0.3 is 12.1 Å². The number of carboxylic acids is 1. The summed E-state index contributed by atoms with van der Waals surface area (Å²) in [6, 6.07) is 41.5. The second-order valence-electron chi connectivity index (χ2n) is 12.2. The molecule has 0 radical (unpaired) electrons. The molecule has 0 spiro atoms. The number of hydrogen-bond acceptors (Lipinski definition) is 5. The number of carbonyl (C=O) groups is 4. The van der Waals surface area contributed by atoms with Crippen molar-refractivity contribution in [3.8, 4) is 11.1 Å². The average Bonchev–Trinajstić information content (AvgIpc) is 3.47. The Kier molecular flexibility index (Phi) is 10.0. The number of alkyl carbamates (subject to hydrolysis) is 1. The third-order valence-corrected chi connectivity index (χ3v) is 9.02. The summed E-state index contributed by atoms with van der Waals surface area (Å²) in [7, 11) is 0. The molecule has 9 nitrogen and oxygen atoms in total. The van der Waals surface area contributed by atoms with E-state index in [0.29, 0.717) is 0 Å². The number of carboxylic acid groups (broad SMARTS) is 1. The van der Waals surface area contributed by atoms with Gasteiger partial charge in [0.2, 0.25) is 11.8 Å². The first kappa shape index (κ1) is 33.7. The summed E-state index contributed by atoms with van der Waals surface area (Å²) < 4.78 is 5.69. The molecule has 0 saturated heterocycles. The van der Waals surface area contributed by atoms with Crippen LogP contribution in [0.2, 0.25) is 0 Å². The Bertz CT molecular complexity index is 1840. The van der Waals surface area contributed by atoms with Gasteiger partial charge in [0.05, 0.1) is 6.42 Å². The number of amides is 3. The Morgan fingerprint density at radius 1 is 0.660 bits per heavy atom. The summed E-state index contributed by atoms with van der Waals surface area (Å²) in [4.78, 5) is 52.5. The molecule has 5 aromatic carbocycles. The van der Waals surface area contributed by atoms with Gasteiger partial charge in [0.1, 0.15) is 24.2 Å². The number of rotatable bonds is 12. The number of carbonyl (C=O) groups excluding carboxylic acids is 3. The zero-order valence-electron chi connectivity index (χ0n) is 27.4. The molecule has 4 N–H and O–H groups in total. The van der Waals surface area contributed by atoms with Crippen molar-refractivity contribution in [2.45, 2.75) is 36.9 Å². The first-order valence-corrected chi connectivity index (χ1v) is 16.4. The van der Waals surface area contributed by atoms with Crippen molar-refractivity contribution < 1.29 is 29.0 Å². The molecule has 0 heterocycles. The fraction of sp³-hybridized carbons (Fsp3) is 0.171. The van der Waals surface area contributed by atoms with E-state index in [1.165, 1.54) is 6.92 Å². The minimum Gasteiger partial charge on any atom is -0.480 e. The van der Waals surface area contributed by atoms with Crippen LogP contribution in [0.4, 0.5) is 4.79 Å². The largest absolute Gasteiger partial charge is 0.480 e. The van der Waals surface area contributed by atoms with Gasteiger partial charge in [-0.15, -0.1) is 0 Å². The molecular weight excluding hydrogens is 630 g/mol. The van der Waals surface area contributed by atoms with Crippen LogP contribution in [0.25, 0.3) is 11.1 Å². The molecule has 0 aliphatic heterocycles. The molecule has 3 amide bonds. The second-order valence-corrected chi connectivity index (χ2v) is 12.2. The van der Waals surface area contributed by atoms with E-state index in [2.05, 4.69) is 16.0 Å². The van der Waals surface area contributed by atoms with Gasteiger partial charge in [0.15, 0.2) is 0 Å². The van der Waals surface area contributed by atoms with Crippen LogP contribution in [0.15, 0.2) is 140 Å². The lowest BCUT2D eigenvalue weighted by atomic mass is 9.77. The van der Waals surface area contributed by atoms with Gasteiger partial charge in [-0.05, 0) is 45.9 Å². The first-order valence-electron chi connectivity index (χ1n) is 16.4. The van der Waals surface area contributed by atoms with Gasteiger partial charge in [-0.2, -0.15) is 0 Å². The maximum absolute atomic E-state index is 14.1. The summed E-state index contributed by atoms with van der Waals surface area (Å²) in [5.74, 6) is -2.89. The van der Waals surface area contributed by atoms with E-state index >= 15 is 0 Å². The molecule has 0 unspecified atom stereocenters. The quantitative estimate of drug-likeness (QED) is 0.121. The van der Waals surface area contributed by atoms with Gasteiger partial charge in [-0.3, -0.25) is 14.4 Å². The topological polar surface area (TPSA) is 134 Å². The monoisotopic (exact) mass is 667 g/mol. The standard InChI is InChI=1S/C41H37N3O6/c1-27(39(47)48)42-38(46)36(43-40(49)50-26-35-33-23-13-11-21-31(33)32-22-12-14-24-34(32)35)25-37(45)44-41(28-15-5-2-6-16-28,29-17-7-3-8-18-29)30-19-9-4-10-20-30/h2-24,27,35-36H,25-26H2,1H3,(H,42,46)(H,43,49)(H,44,45)(H,47,48)/t27-,36-/m0/s1. The Balaban J connectivity index is 1.26. The number of nitrogens with one attached hydrogen (secondary N) is 3. The van der Waals surface area contributed by atoms with Crippen LogP contribution in [0.5, 0.6) is 0 Å². The van der Waals surface area contributed by atoms with Crippen LogP contribution in [-0.2, 0) is 24.7 Å². The smallest absolute Gasteiger partial charge is 0.407 e. The van der Waals surface area contributed by atoms with Crippen molar-refractivity contribution in [2.75, 3.05) is 6.61 Å². The van der Waals surface area contributed by atoms with Gasteiger partial charge in [-0.25, -0.2) is 4.79 Å². The molecule has 252 valence electrons. The average molecular weight is 668 g/mol. The third kappa shape index (κ3) is 6.98. The van der Waals surface area contributed by atoms with Crippen molar-refractivity contribution in [3.63, 3.8) is 0 Å². The predicted molar refractivity (Wildman–Crippen MR) is 189 cm³/mol. The molecule has 0 aromatic heterocycles. The Morgan fingerprint density at radius 3 is 1.56 bits per heavy atom. The van der Waals surface area contributed by atoms with Crippen molar-refractivity contribution in [1.29, 1.82) is 0 Å². The highest BCUT2D eigenvalue weighted by Crippen LogP contribution is 2.44. The molecule has 50 heavy (non-hydrogen) atoms. The van der Waals surface area contributed by atoms with Crippen molar-refractivity contribution in [3.05, 3.63) is 167 Å². The molecule has 1 aliphatic carbocycles. The molecule has 9 heteroatoms. The predicted octanol–water partition coefficient (Wildman–Crippen LogP) is 5.98. The number of hydrogen-bond donors (Lipinski definition) is 4. The van der Waals surface area contributed by atoms with E-state index in [1.54, 1.807) is 0 Å². The van der Waals surface area contributed by atoms with Crippen LogP contribution in [0.3, 0.4) is 0 Å². The molecule has 6 rings (SSSR count). The van der Waals surface area contributed by atoms with E-state index in [9.17, 15) is 24.3 Å². The van der Waals surface area contributed by atoms with Crippen LogP contribution < -0.4 is 16.0 Å². The highest BCUT2D eigenvalue weighted by molar-refractivity contribution is 5.93. The van der Waals surface area contributed by atoms with Crippen LogP contribution >= 0.6 is 0 Å². The minimum absolute atomic E-state index is 0.00887. The lowest BCUT2D eigenvalue weighted by Gasteiger charge is -2.37. The molecule has 1 aliphatic rings. The molecule has 2 atom stereocenters. The summed E-state index contributed by atoms with van der Waals surface area (Å²) in [6.45, 7) is 1.29. The van der Waals surface area contributed by atoms with Crippen molar-refractivity contribution in [1.82, 2.24) is 16.0 Å². The lowest BCUT2D eigenvalue weighted by Crippen LogP contribution is -2.54. The Hall–Kier alpha value is -6.22. The summed E-state index contributed by atoms with van der Waals surface area (Å²) in [6.07, 6.45) is -1.42. The molecule has 0 fully saturated rings. The molecule has 0 bridgehead atoms. The summed E-state index contributed by atoms with van der Waals surface area (Å²) >= 11 is 0. The zero-order chi connectivity index (χ0) is 35.1. The van der Waals surface area contributed by atoms with Gasteiger partial charge in [0.25, 0.3) is 0 Å². The third-order valence-electron chi connectivity index (χ3n) is 9.02. The zero-order valence-corrected chi connectivity index (χ0v) is 27.4. The molecule has 0 saturated carbocycles. The first-order chi connectivity index (χ1) is 24.3. The molecular formula is C41H37N3O6. The Labute approximate surface area is 290 Å². The SMILES string of the molecule is C[C@H](NC(=O)[C@H](CC(=O)NC(c1ccccc1)(c1ccccc1)c1ccccc1)NC(=O)OCC1c2ccccc2-c2ccccc21)C(=O)O. The maximum Gasteiger partial charge on any atom is 0.407 e. The van der Waals surface area contributed by atoms with E-state index in [4.69, 9.17) is 4.74 Å². The van der Waals surface area contributed by atoms with Gasteiger partial charge in [0, 0.05) is 5.92 Å².